The smallest absolute Gasteiger partial charge is 0.308 e. The van der Waals surface area contributed by atoms with Gasteiger partial charge in [-0.15, -0.1) is 11.3 Å². The number of anilines is 1. The van der Waals surface area contributed by atoms with E-state index in [1.54, 1.807) is 22.5 Å². The molecule has 11 nitrogen and oxygen atoms in total. The summed E-state index contributed by atoms with van der Waals surface area (Å²) in [6, 6.07) is 1.98. The number of hydrogen-bond acceptors (Lipinski definition) is 9. The molecule has 208 valence electrons. The van der Waals surface area contributed by atoms with E-state index in [9.17, 15) is 23.2 Å². The number of aromatic nitrogens is 6. The average molecular weight is 570 g/mol. The molecule has 0 aromatic carbocycles. The van der Waals surface area contributed by atoms with Crippen LogP contribution in [0.5, 0.6) is 0 Å². The third-order valence-electron chi connectivity index (χ3n) is 6.41. The lowest BCUT2D eigenvalue weighted by Crippen LogP contribution is -2.14. The summed E-state index contributed by atoms with van der Waals surface area (Å²) in [5, 5.41) is 13.4. The number of aldehydes is 1. The second-order valence-electron chi connectivity index (χ2n) is 9.24. The number of nitrogens with one attached hydrogen (secondary N) is 1. The van der Waals surface area contributed by atoms with Gasteiger partial charge >= 0.3 is 5.97 Å². The van der Waals surface area contributed by atoms with Crippen molar-refractivity contribution in [2.75, 3.05) is 5.32 Å². The largest absolute Gasteiger partial charge is 0.442 e. The Labute approximate surface area is 231 Å². The molecule has 0 bridgehead atoms. The number of hydrogen-bond donors (Lipinski definition) is 1. The average Bonchev–Trinajstić information content (AvgIpc) is 3.72. The lowest BCUT2D eigenvalue weighted by atomic mass is 9.96. The van der Waals surface area contributed by atoms with Crippen molar-refractivity contribution in [3.63, 3.8) is 0 Å². The van der Waals surface area contributed by atoms with Gasteiger partial charge in [0.15, 0.2) is 12.5 Å². The summed E-state index contributed by atoms with van der Waals surface area (Å²) in [4.78, 5) is 43.2. The first-order chi connectivity index (χ1) is 19.4. The maximum atomic E-state index is 14.6. The summed E-state index contributed by atoms with van der Waals surface area (Å²) in [5.41, 5.74) is 0.659. The van der Waals surface area contributed by atoms with E-state index in [2.05, 4.69) is 25.5 Å². The Morgan fingerprint density at radius 2 is 1.95 bits per heavy atom. The van der Waals surface area contributed by atoms with Crippen molar-refractivity contribution in [2.45, 2.75) is 57.7 Å². The molecule has 14 heteroatoms. The van der Waals surface area contributed by atoms with Gasteiger partial charge in [-0.1, -0.05) is 19.3 Å². The number of thiazole rings is 1. The van der Waals surface area contributed by atoms with E-state index in [-0.39, 0.29) is 48.4 Å². The molecule has 4 heterocycles. The van der Waals surface area contributed by atoms with Crippen LogP contribution in [0.2, 0.25) is 0 Å². The zero-order valence-electron chi connectivity index (χ0n) is 21.3. The van der Waals surface area contributed by atoms with Gasteiger partial charge in [-0.25, -0.2) is 19.0 Å². The van der Waals surface area contributed by atoms with Crippen LogP contribution in [0.4, 0.5) is 14.5 Å². The van der Waals surface area contributed by atoms with E-state index in [1.165, 1.54) is 22.2 Å². The van der Waals surface area contributed by atoms with Crippen molar-refractivity contribution in [1.82, 2.24) is 29.5 Å². The predicted octanol–water partition coefficient (Wildman–Crippen LogP) is 4.78. The van der Waals surface area contributed by atoms with Crippen LogP contribution < -0.4 is 5.32 Å². The molecule has 5 rings (SSSR count). The third kappa shape index (κ3) is 6.28. The topological polar surface area (TPSA) is 134 Å². The number of ether oxygens (including phenoxy) is 1. The molecule has 1 N–H and O–H groups in total. The van der Waals surface area contributed by atoms with Gasteiger partial charge in [0.2, 0.25) is 5.95 Å². The van der Waals surface area contributed by atoms with Gasteiger partial charge in [0, 0.05) is 29.8 Å². The van der Waals surface area contributed by atoms with Gasteiger partial charge in [0.1, 0.15) is 28.4 Å². The van der Waals surface area contributed by atoms with Gasteiger partial charge in [0.05, 0.1) is 24.3 Å². The fourth-order valence-corrected chi connectivity index (χ4v) is 5.18. The first kappa shape index (κ1) is 27.2. The Morgan fingerprint density at radius 3 is 2.75 bits per heavy atom. The standard InChI is InChI=1S/C26H25F2N7O4S/c27-18-8-9-21(28)32-23(18)24-19(13-35(33-24)17-5-2-1-3-6-17)30-25(38)20-14-40-26(31-20)16-11-29-34(12-16)15-39-22(37)7-4-10-36/h8-14,17H,1-7,15H2,(H,30,38). The molecule has 4 aromatic rings. The van der Waals surface area contributed by atoms with Crippen LogP contribution in [0.15, 0.2) is 36.1 Å². The zero-order chi connectivity index (χ0) is 28.1. The van der Waals surface area contributed by atoms with E-state index in [0.717, 1.165) is 44.2 Å². The first-order valence-electron chi connectivity index (χ1n) is 12.7. The lowest BCUT2D eigenvalue weighted by Gasteiger charge is -2.21. The summed E-state index contributed by atoms with van der Waals surface area (Å²) in [6.07, 6.45) is 10.5. The van der Waals surface area contributed by atoms with Crippen molar-refractivity contribution in [3.8, 4) is 22.0 Å². The van der Waals surface area contributed by atoms with Crippen LogP contribution >= 0.6 is 11.3 Å². The monoisotopic (exact) mass is 569 g/mol. The predicted molar refractivity (Wildman–Crippen MR) is 140 cm³/mol. The second kappa shape index (κ2) is 12.2. The molecule has 0 saturated heterocycles. The lowest BCUT2D eigenvalue weighted by molar-refractivity contribution is -0.148. The van der Waals surface area contributed by atoms with Gasteiger partial charge in [-0.3, -0.25) is 14.3 Å². The maximum absolute atomic E-state index is 14.6. The van der Waals surface area contributed by atoms with E-state index >= 15 is 0 Å². The minimum absolute atomic E-state index is 0.00817. The SMILES string of the molecule is O=CCCC(=O)OCn1cc(-c2nc(C(=O)Nc3cn(C4CCCCC4)nc3-c3nc(F)ccc3F)cs2)cn1. The van der Waals surface area contributed by atoms with E-state index in [1.807, 2.05) is 0 Å². The van der Waals surface area contributed by atoms with Crippen LogP contribution in [-0.4, -0.2) is 47.7 Å². The minimum atomic E-state index is -0.860. The first-order valence-corrected chi connectivity index (χ1v) is 13.6. The number of halogens is 2. The van der Waals surface area contributed by atoms with Crippen LogP contribution in [0, 0.1) is 11.8 Å². The number of rotatable bonds is 10. The molecule has 0 radical (unpaired) electrons. The Bertz CT molecular complexity index is 1530. The molecule has 0 aliphatic heterocycles. The summed E-state index contributed by atoms with van der Waals surface area (Å²) < 4.78 is 36.7. The highest BCUT2D eigenvalue weighted by Gasteiger charge is 2.24. The number of pyridine rings is 1. The number of nitrogens with zero attached hydrogens (tertiary/aromatic N) is 6. The van der Waals surface area contributed by atoms with E-state index < -0.39 is 23.6 Å². The zero-order valence-corrected chi connectivity index (χ0v) is 22.1. The molecule has 1 saturated carbocycles. The second-order valence-corrected chi connectivity index (χ2v) is 10.1. The fraction of sp³-hybridized carbons (Fsp3) is 0.346. The Morgan fingerprint density at radius 1 is 1.12 bits per heavy atom. The van der Waals surface area contributed by atoms with Crippen LogP contribution in [0.1, 0.15) is 61.5 Å². The molecular formula is C26H25F2N7O4S. The highest BCUT2D eigenvalue weighted by molar-refractivity contribution is 7.13. The van der Waals surface area contributed by atoms with Gasteiger partial charge in [0.25, 0.3) is 5.91 Å². The highest BCUT2D eigenvalue weighted by atomic mass is 32.1. The Hall–Kier alpha value is -4.33. The molecule has 4 aromatic heterocycles. The van der Waals surface area contributed by atoms with Crippen LogP contribution in [0.3, 0.4) is 0 Å². The van der Waals surface area contributed by atoms with Crippen molar-refractivity contribution < 1.29 is 27.9 Å². The Kier molecular flexibility index (Phi) is 8.34. The molecule has 1 aliphatic rings. The molecule has 0 spiro atoms. The number of carbonyl (C=O) groups excluding carboxylic acids is 3. The summed E-state index contributed by atoms with van der Waals surface area (Å²) >= 11 is 1.21. The van der Waals surface area contributed by atoms with E-state index in [4.69, 9.17) is 4.74 Å². The van der Waals surface area contributed by atoms with E-state index in [0.29, 0.717) is 16.9 Å². The normalized spacial score (nSPS) is 13.8. The molecule has 40 heavy (non-hydrogen) atoms. The third-order valence-corrected chi connectivity index (χ3v) is 7.30. The van der Waals surface area contributed by atoms with Gasteiger partial charge < -0.3 is 14.8 Å². The van der Waals surface area contributed by atoms with Crippen LogP contribution in [0.25, 0.3) is 22.0 Å². The summed E-state index contributed by atoms with van der Waals surface area (Å²) in [7, 11) is 0. The summed E-state index contributed by atoms with van der Waals surface area (Å²) in [5.74, 6) is -2.69. The van der Waals surface area contributed by atoms with Crippen LogP contribution in [-0.2, 0) is 21.1 Å². The molecular weight excluding hydrogens is 544 g/mol. The van der Waals surface area contributed by atoms with Crippen molar-refractivity contribution >= 4 is 35.2 Å². The fourth-order valence-electron chi connectivity index (χ4n) is 4.40. The Balaban J connectivity index is 1.33. The molecule has 0 atom stereocenters. The minimum Gasteiger partial charge on any atom is -0.442 e. The molecule has 0 unspecified atom stereocenters. The maximum Gasteiger partial charge on any atom is 0.308 e. The highest BCUT2D eigenvalue weighted by Crippen LogP contribution is 2.34. The molecule has 1 fully saturated rings. The van der Waals surface area contributed by atoms with Crippen molar-refractivity contribution in [3.05, 3.63) is 53.6 Å². The quantitative estimate of drug-likeness (QED) is 0.164. The van der Waals surface area contributed by atoms with Crippen molar-refractivity contribution in [1.29, 1.82) is 0 Å². The number of esters is 1. The van der Waals surface area contributed by atoms with Gasteiger partial charge in [-0.05, 0) is 25.0 Å². The van der Waals surface area contributed by atoms with Crippen molar-refractivity contribution in [2.24, 2.45) is 0 Å². The van der Waals surface area contributed by atoms with Gasteiger partial charge in [-0.2, -0.15) is 14.6 Å². The molecule has 1 amide bonds. The molecule has 1 aliphatic carbocycles. The summed E-state index contributed by atoms with van der Waals surface area (Å²) in [6.45, 7) is -0.130. The number of amides is 1. The number of carbonyl (C=O) groups is 3.